The summed E-state index contributed by atoms with van der Waals surface area (Å²) in [5, 5.41) is 7.67. The monoisotopic (exact) mass is 419 g/mol. The van der Waals surface area contributed by atoms with Crippen molar-refractivity contribution in [3.8, 4) is 11.3 Å². The predicted octanol–water partition coefficient (Wildman–Crippen LogP) is 3.92. The Kier molecular flexibility index (Phi) is 5.30. The molecule has 3 rings (SSSR count). The second kappa shape index (κ2) is 7.62. The van der Waals surface area contributed by atoms with Gasteiger partial charge >= 0.3 is 0 Å². The highest BCUT2D eigenvalue weighted by Crippen LogP contribution is 2.26. The minimum Gasteiger partial charge on any atom is -0.472 e. The highest BCUT2D eigenvalue weighted by Gasteiger charge is 2.18. The second-order valence-corrected chi connectivity index (χ2v) is 7.02. The molecule has 0 spiro atoms. The van der Waals surface area contributed by atoms with Crippen molar-refractivity contribution < 1.29 is 14.0 Å². The predicted molar refractivity (Wildman–Crippen MR) is 99.5 cm³/mol. The number of amides is 2. The van der Waals surface area contributed by atoms with E-state index in [1.807, 2.05) is 29.6 Å². The number of nitrogens with one attached hydrogen (secondary N) is 2. The molecule has 6 nitrogen and oxygen atoms in total. The minimum absolute atomic E-state index is 0.341. The lowest BCUT2D eigenvalue weighted by molar-refractivity contribution is -0.117. The van der Waals surface area contributed by atoms with E-state index in [1.54, 1.807) is 6.92 Å². The van der Waals surface area contributed by atoms with Crippen molar-refractivity contribution in [1.29, 1.82) is 0 Å². The number of hydrogen-bond donors (Lipinski definition) is 2. The van der Waals surface area contributed by atoms with Crippen LogP contribution in [0.15, 0.2) is 57.1 Å². The zero-order chi connectivity index (χ0) is 17.8. The Bertz CT molecular complexity index is 892. The molecule has 0 bridgehead atoms. The fraction of sp³-hybridized carbons (Fsp3) is 0.118. The van der Waals surface area contributed by atoms with E-state index in [0.29, 0.717) is 10.7 Å². The number of hydrogen-bond acceptors (Lipinski definition) is 5. The fourth-order valence-electron chi connectivity index (χ4n) is 2.06. The van der Waals surface area contributed by atoms with E-state index in [9.17, 15) is 9.59 Å². The number of carbonyl (C=O) groups excluding carboxylic acids is 2. The van der Waals surface area contributed by atoms with E-state index in [2.05, 4.69) is 31.5 Å². The van der Waals surface area contributed by atoms with Gasteiger partial charge in [0.2, 0.25) is 5.91 Å². The maximum atomic E-state index is 12.2. The molecule has 0 radical (unpaired) electrons. The second-order valence-electron chi connectivity index (χ2n) is 5.24. The van der Waals surface area contributed by atoms with Crippen LogP contribution in [0.4, 0.5) is 5.13 Å². The Hall–Kier alpha value is -2.45. The molecule has 1 unspecified atom stereocenters. The van der Waals surface area contributed by atoms with Crippen LogP contribution in [-0.2, 0) is 4.79 Å². The summed E-state index contributed by atoms with van der Waals surface area (Å²) in [5.41, 5.74) is 2.09. The van der Waals surface area contributed by atoms with Gasteiger partial charge in [-0.25, -0.2) is 4.98 Å². The summed E-state index contributed by atoms with van der Waals surface area (Å²) in [5.74, 6) is -0.711. The largest absolute Gasteiger partial charge is 0.472 e. The van der Waals surface area contributed by atoms with Crippen LogP contribution >= 0.6 is 27.3 Å². The number of furan rings is 1. The highest BCUT2D eigenvalue weighted by atomic mass is 79.9. The Morgan fingerprint density at radius 2 is 2.16 bits per heavy atom. The maximum absolute atomic E-state index is 12.2. The first-order chi connectivity index (χ1) is 12.0. The Balaban J connectivity index is 1.62. The number of anilines is 1. The van der Waals surface area contributed by atoms with Crippen molar-refractivity contribution in [3.63, 3.8) is 0 Å². The van der Waals surface area contributed by atoms with E-state index in [-0.39, 0.29) is 11.8 Å². The average molecular weight is 420 g/mol. The Morgan fingerprint density at radius 1 is 1.32 bits per heavy atom. The van der Waals surface area contributed by atoms with Crippen LogP contribution in [0.3, 0.4) is 0 Å². The van der Waals surface area contributed by atoms with Crippen molar-refractivity contribution >= 4 is 44.2 Å². The van der Waals surface area contributed by atoms with Gasteiger partial charge in [-0.05, 0) is 25.1 Å². The quantitative estimate of drug-likeness (QED) is 0.655. The third-order valence-corrected chi connectivity index (χ3v) is 4.63. The van der Waals surface area contributed by atoms with Crippen LogP contribution in [0.25, 0.3) is 11.3 Å². The molecule has 25 heavy (non-hydrogen) atoms. The van der Waals surface area contributed by atoms with Crippen LogP contribution < -0.4 is 10.6 Å². The van der Waals surface area contributed by atoms with Gasteiger partial charge in [0.25, 0.3) is 5.91 Å². The standard InChI is InChI=1S/C17H14BrN3O3S/c1-10(19-16(23)12-5-6-24-8-12)15(22)21-17-20-14(9-25-17)11-3-2-4-13(18)7-11/h2-10H,1H3,(H,19,23)(H,20,21,22). The lowest BCUT2D eigenvalue weighted by Gasteiger charge is -2.12. The number of thiazole rings is 1. The molecule has 2 amide bonds. The van der Waals surface area contributed by atoms with Gasteiger partial charge in [-0.15, -0.1) is 11.3 Å². The topological polar surface area (TPSA) is 84.2 Å². The van der Waals surface area contributed by atoms with Crippen LogP contribution in [0.1, 0.15) is 17.3 Å². The minimum atomic E-state index is -0.708. The summed E-state index contributed by atoms with van der Waals surface area (Å²) in [4.78, 5) is 28.6. The van der Waals surface area contributed by atoms with Crippen molar-refractivity contribution in [1.82, 2.24) is 10.3 Å². The molecule has 2 N–H and O–H groups in total. The van der Waals surface area contributed by atoms with Crippen molar-refractivity contribution in [2.75, 3.05) is 5.32 Å². The summed E-state index contributed by atoms with van der Waals surface area (Å²) in [7, 11) is 0. The first-order valence-electron chi connectivity index (χ1n) is 7.38. The lowest BCUT2D eigenvalue weighted by Crippen LogP contribution is -2.41. The molecule has 0 saturated heterocycles. The molecule has 0 aliphatic carbocycles. The van der Waals surface area contributed by atoms with E-state index in [4.69, 9.17) is 4.42 Å². The van der Waals surface area contributed by atoms with Gasteiger partial charge < -0.3 is 15.1 Å². The third-order valence-electron chi connectivity index (χ3n) is 3.38. The zero-order valence-corrected chi connectivity index (χ0v) is 15.6. The molecule has 3 aromatic rings. The zero-order valence-electron chi connectivity index (χ0n) is 13.2. The van der Waals surface area contributed by atoms with Gasteiger partial charge in [0, 0.05) is 15.4 Å². The normalized spacial score (nSPS) is 11.8. The number of benzene rings is 1. The number of halogens is 1. The molecule has 1 aromatic carbocycles. The molecule has 2 aromatic heterocycles. The molecule has 128 valence electrons. The molecule has 2 heterocycles. The number of nitrogens with zero attached hydrogens (tertiary/aromatic N) is 1. The molecular weight excluding hydrogens is 406 g/mol. The van der Waals surface area contributed by atoms with Gasteiger partial charge in [-0.2, -0.15) is 0 Å². The number of carbonyl (C=O) groups is 2. The molecule has 0 saturated carbocycles. The maximum Gasteiger partial charge on any atom is 0.255 e. The van der Waals surface area contributed by atoms with Gasteiger partial charge in [-0.1, -0.05) is 28.1 Å². The van der Waals surface area contributed by atoms with E-state index in [1.165, 1.54) is 29.9 Å². The van der Waals surface area contributed by atoms with Gasteiger partial charge in [0.15, 0.2) is 5.13 Å². The van der Waals surface area contributed by atoms with Crippen LogP contribution in [0, 0.1) is 0 Å². The molecule has 0 aliphatic rings. The summed E-state index contributed by atoms with van der Waals surface area (Å²) in [6.45, 7) is 1.61. The van der Waals surface area contributed by atoms with Gasteiger partial charge in [0.1, 0.15) is 12.3 Å². The third kappa shape index (κ3) is 4.34. The molecule has 8 heteroatoms. The SMILES string of the molecule is CC(NC(=O)c1ccoc1)C(=O)Nc1nc(-c2cccc(Br)c2)cs1. The van der Waals surface area contributed by atoms with Crippen molar-refractivity contribution in [2.45, 2.75) is 13.0 Å². The lowest BCUT2D eigenvalue weighted by atomic mass is 10.2. The summed E-state index contributed by atoms with van der Waals surface area (Å²) in [6, 6.07) is 8.58. The van der Waals surface area contributed by atoms with Gasteiger partial charge in [0.05, 0.1) is 17.5 Å². The summed E-state index contributed by atoms with van der Waals surface area (Å²) >= 11 is 4.75. The van der Waals surface area contributed by atoms with Crippen LogP contribution in [-0.4, -0.2) is 22.8 Å². The first-order valence-corrected chi connectivity index (χ1v) is 9.05. The smallest absolute Gasteiger partial charge is 0.255 e. The first kappa shape index (κ1) is 17.4. The molecular formula is C17H14BrN3O3S. The fourth-order valence-corrected chi connectivity index (χ4v) is 3.19. The van der Waals surface area contributed by atoms with Crippen LogP contribution in [0.5, 0.6) is 0 Å². The Morgan fingerprint density at radius 3 is 2.88 bits per heavy atom. The summed E-state index contributed by atoms with van der Waals surface area (Å²) in [6.07, 6.45) is 2.73. The van der Waals surface area contributed by atoms with Gasteiger partial charge in [-0.3, -0.25) is 9.59 Å². The molecule has 1 atom stereocenters. The average Bonchev–Trinajstić information content (AvgIpc) is 3.26. The van der Waals surface area contributed by atoms with Crippen LogP contribution in [0.2, 0.25) is 0 Å². The highest BCUT2D eigenvalue weighted by molar-refractivity contribution is 9.10. The Labute approximate surface area is 156 Å². The number of aromatic nitrogens is 1. The van der Waals surface area contributed by atoms with Crippen molar-refractivity contribution in [2.24, 2.45) is 0 Å². The molecule has 0 aliphatic heterocycles. The molecule has 0 fully saturated rings. The van der Waals surface area contributed by atoms with E-state index < -0.39 is 6.04 Å². The van der Waals surface area contributed by atoms with Crippen molar-refractivity contribution in [3.05, 3.63) is 58.3 Å². The van der Waals surface area contributed by atoms with E-state index >= 15 is 0 Å². The summed E-state index contributed by atoms with van der Waals surface area (Å²) < 4.78 is 5.81. The number of rotatable bonds is 5. The van der Waals surface area contributed by atoms with E-state index in [0.717, 1.165) is 15.7 Å².